The van der Waals surface area contributed by atoms with Gasteiger partial charge in [0.15, 0.2) is 12.3 Å². The van der Waals surface area contributed by atoms with Gasteiger partial charge in [-0.1, -0.05) is 78.9 Å². The lowest BCUT2D eigenvalue weighted by molar-refractivity contribution is -0.684. The number of allylic oxidation sites excluding steroid dienone is 3. The van der Waals surface area contributed by atoms with Gasteiger partial charge in [0, 0.05) is 25.1 Å². The SMILES string of the molecule is C/C=C(\C=C1/Oc2ccc(-c3ccccc3)cc2N1CCCOS(=O)(=O)[O-])Cc1oc2ccc(-c3ccccc3)cc2[n+]1CCCOS(=O)(=O)[O-]. The highest BCUT2D eigenvalue weighted by Gasteiger charge is 2.29. The van der Waals surface area contributed by atoms with Crippen LogP contribution in [0.5, 0.6) is 5.75 Å². The number of benzene rings is 4. The maximum absolute atomic E-state index is 11.1. The molecule has 2 heterocycles. The third kappa shape index (κ3) is 9.29. The van der Waals surface area contributed by atoms with Crippen LogP contribution in [0.15, 0.2) is 125 Å². The third-order valence-corrected chi connectivity index (χ3v) is 9.18. The quantitative estimate of drug-likeness (QED) is 0.0536. The summed E-state index contributed by atoms with van der Waals surface area (Å²) >= 11 is 0. The average molecular weight is 732 g/mol. The van der Waals surface area contributed by atoms with E-state index >= 15 is 0 Å². The number of rotatable bonds is 15. The lowest BCUT2D eigenvalue weighted by Crippen LogP contribution is -2.37. The molecule has 0 bridgehead atoms. The Morgan fingerprint density at radius 2 is 1.39 bits per heavy atom. The number of fused-ring (bicyclic) bond motifs is 2. The maximum atomic E-state index is 11.1. The van der Waals surface area contributed by atoms with Gasteiger partial charge in [-0.15, -0.1) is 0 Å². The maximum Gasteiger partial charge on any atom is 0.352 e. The second kappa shape index (κ2) is 15.6. The minimum absolute atomic E-state index is 0.219. The Hall–Kier alpha value is -4.83. The van der Waals surface area contributed by atoms with Gasteiger partial charge in [-0.25, -0.2) is 16.8 Å². The van der Waals surface area contributed by atoms with Crippen LogP contribution in [0.2, 0.25) is 0 Å². The van der Waals surface area contributed by atoms with Crippen molar-refractivity contribution in [1.82, 2.24) is 0 Å². The van der Waals surface area contributed by atoms with Gasteiger partial charge in [0.1, 0.15) is 0 Å². The van der Waals surface area contributed by atoms with Crippen molar-refractivity contribution in [3.05, 3.63) is 127 Å². The first kappa shape index (κ1) is 36.0. The van der Waals surface area contributed by atoms with Crippen molar-refractivity contribution in [2.45, 2.75) is 32.7 Å². The van der Waals surface area contributed by atoms with E-state index in [2.05, 4.69) is 8.37 Å². The van der Waals surface area contributed by atoms with E-state index in [4.69, 9.17) is 9.15 Å². The van der Waals surface area contributed by atoms with Crippen molar-refractivity contribution in [2.75, 3.05) is 24.7 Å². The minimum atomic E-state index is -4.83. The molecule has 266 valence electrons. The molecule has 0 spiro atoms. The zero-order chi connectivity index (χ0) is 36.0. The number of aromatic nitrogens is 1. The molecule has 12 nitrogen and oxygen atoms in total. The topological polar surface area (TPSA) is 162 Å². The number of aryl methyl sites for hydroxylation is 1. The predicted molar refractivity (Wildman–Crippen MR) is 188 cm³/mol. The van der Waals surface area contributed by atoms with E-state index in [0.717, 1.165) is 39.0 Å². The van der Waals surface area contributed by atoms with Crippen LogP contribution in [0.1, 0.15) is 25.7 Å². The molecular weight excluding hydrogens is 697 g/mol. The number of hydrogen-bond donors (Lipinski definition) is 0. The first-order valence-corrected chi connectivity index (χ1v) is 18.9. The molecule has 1 aliphatic rings. The van der Waals surface area contributed by atoms with E-state index in [-0.39, 0.29) is 26.1 Å². The molecule has 6 rings (SSSR count). The Balaban J connectivity index is 1.32. The third-order valence-electron chi connectivity index (χ3n) is 8.27. The highest BCUT2D eigenvalue weighted by molar-refractivity contribution is 7.81. The zero-order valence-electron chi connectivity index (χ0n) is 27.6. The first-order valence-electron chi connectivity index (χ1n) is 16.2. The van der Waals surface area contributed by atoms with Crippen molar-refractivity contribution in [2.24, 2.45) is 0 Å². The van der Waals surface area contributed by atoms with Crippen LogP contribution in [-0.4, -0.2) is 45.7 Å². The van der Waals surface area contributed by atoms with Gasteiger partial charge in [0.2, 0.25) is 32.3 Å². The monoisotopic (exact) mass is 731 g/mol. The molecule has 0 atom stereocenters. The van der Waals surface area contributed by atoms with Crippen LogP contribution in [0.25, 0.3) is 33.4 Å². The van der Waals surface area contributed by atoms with Gasteiger partial charge >= 0.3 is 5.89 Å². The molecule has 0 amide bonds. The molecule has 0 unspecified atom stereocenters. The normalized spacial score (nSPS) is 14.3. The summed E-state index contributed by atoms with van der Waals surface area (Å²) in [7, 11) is -9.66. The summed E-state index contributed by atoms with van der Waals surface area (Å²) < 4.78 is 90.0. The Kier molecular flexibility index (Phi) is 11.0. The molecule has 4 aromatic carbocycles. The summed E-state index contributed by atoms with van der Waals surface area (Å²) in [4.78, 5) is 1.91. The summed E-state index contributed by atoms with van der Waals surface area (Å²) in [5.41, 5.74) is 6.94. The van der Waals surface area contributed by atoms with E-state index in [0.29, 0.717) is 42.6 Å². The number of oxazole rings is 1. The van der Waals surface area contributed by atoms with Gasteiger partial charge in [-0.3, -0.25) is 8.37 Å². The Bertz CT molecular complexity index is 2290. The summed E-state index contributed by atoms with van der Waals surface area (Å²) in [6.45, 7) is 1.91. The van der Waals surface area contributed by atoms with Gasteiger partial charge < -0.3 is 23.2 Å². The first-order chi connectivity index (χ1) is 24.5. The van der Waals surface area contributed by atoms with Gasteiger partial charge in [-0.05, 0) is 59.4 Å². The van der Waals surface area contributed by atoms with E-state index in [1.807, 2.05) is 126 Å². The Morgan fingerprint density at radius 1 is 0.784 bits per heavy atom. The molecule has 51 heavy (non-hydrogen) atoms. The molecule has 0 radical (unpaired) electrons. The van der Waals surface area contributed by atoms with Gasteiger partial charge in [0.25, 0.3) is 5.52 Å². The van der Waals surface area contributed by atoms with Gasteiger partial charge in [-0.2, -0.15) is 4.57 Å². The molecule has 0 N–H and O–H groups in total. The van der Waals surface area contributed by atoms with Crippen molar-refractivity contribution in [3.8, 4) is 28.0 Å². The van der Waals surface area contributed by atoms with E-state index in [1.54, 1.807) is 0 Å². The number of nitrogens with zero attached hydrogens (tertiary/aromatic N) is 2. The fourth-order valence-corrected chi connectivity index (χ4v) is 6.55. The lowest BCUT2D eigenvalue weighted by Gasteiger charge is -2.19. The van der Waals surface area contributed by atoms with Crippen LogP contribution in [-0.2, 0) is 42.1 Å². The number of ether oxygens (including phenoxy) is 1. The van der Waals surface area contributed by atoms with Crippen molar-refractivity contribution < 1.29 is 48.0 Å². The zero-order valence-corrected chi connectivity index (χ0v) is 29.3. The molecule has 0 aliphatic carbocycles. The highest BCUT2D eigenvalue weighted by Crippen LogP contribution is 2.42. The van der Waals surface area contributed by atoms with Crippen molar-refractivity contribution in [1.29, 1.82) is 0 Å². The van der Waals surface area contributed by atoms with E-state index < -0.39 is 20.8 Å². The van der Waals surface area contributed by atoms with Crippen LogP contribution in [0.4, 0.5) is 5.69 Å². The van der Waals surface area contributed by atoms with Crippen molar-refractivity contribution >= 4 is 37.6 Å². The van der Waals surface area contributed by atoms with E-state index in [1.165, 1.54) is 0 Å². The number of hydrogen-bond acceptors (Lipinski definition) is 11. The molecular formula is C37H35N2O10S2-. The Morgan fingerprint density at radius 3 is 2.02 bits per heavy atom. The highest BCUT2D eigenvalue weighted by atomic mass is 32.3. The lowest BCUT2D eigenvalue weighted by atomic mass is 10.0. The van der Waals surface area contributed by atoms with Crippen molar-refractivity contribution in [3.63, 3.8) is 0 Å². The molecule has 5 aromatic rings. The summed E-state index contributed by atoms with van der Waals surface area (Å²) in [5, 5.41) is 0. The van der Waals surface area contributed by atoms with Crippen LogP contribution in [0.3, 0.4) is 0 Å². The minimum Gasteiger partial charge on any atom is -0.726 e. The molecule has 0 fully saturated rings. The second-order valence-electron chi connectivity index (χ2n) is 11.7. The standard InChI is InChI=1S/C37H36N2O10S2/c1-2-27(23-36-38(19-9-21-46-50(40,41)42)32-25-30(15-17-34(32)48-36)28-11-5-3-6-12-28)24-37-39(20-10-22-47-51(43,44)45)33-26-31(16-18-35(33)49-37)29-13-7-4-8-14-29/h2-8,11-18,23,25-26H,9-10,19-22,24H2,1H3,(H-,40,41,42,43,44,45)/p-1/b27-2+,36-23-. The average Bonchev–Trinajstić information content (AvgIpc) is 3.63. The van der Waals surface area contributed by atoms with E-state index in [9.17, 15) is 25.9 Å². The fraction of sp³-hybridized carbons (Fsp3) is 0.216. The molecule has 1 aromatic heterocycles. The Labute approximate surface area is 296 Å². The molecule has 1 aliphatic heterocycles. The fourth-order valence-electron chi connectivity index (χ4n) is 5.90. The van der Waals surface area contributed by atoms with Gasteiger partial charge in [0.05, 0.1) is 25.3 Å². The van der Waals surface area contributed by atoms with Crippen LogP contribution < -0.4 is 14.2 Å². The smallest absolute Gasteiger partial charge is 0.352 e. The number of anilines is 1. The molecule has 14 heteroatoms. The van der Waals surface area contributed by atoms with Crippen LogP contribution in [0, 0.1) is 0 Å². The molecule has 0 saturated heterocycles. The summed E-state index contributed by atoms with van der Waals surface area (Å²) in [6.07, 6.45) is 4.55. The summed E-state index contributed by atoms with van der Waals surface area (Å²) in [6, 6.07) is 31.4. The summed E-state index contributed by atoms with van der Waals surface area (Å²) in [5.74, 6) is 1.67. The second-order valence-corrected chi connectivity index (χ2v) is 13.8. The largest absolute Gasteiger partial charge is 0.726 e. The van der Waals surface area contributed by atoms with Crippen LogP contribution >= 0.6 is 0 Å². The molecule has 0 saturated carbocycles. The predicted octanol–water partition coefficient (Wildman–Crippen LogP) is 6.02.